The predicted octanol–water partition coefficient (Wildman–Crippen LogP) is 2.41. The number of anilines is 1. The van der Waals surface area contributed by atoms with E-state index >= 15 is 0 Å². The van der Waals surface area contributed by atoms with Crippen molar-refractivity contribution in [2.24, 2.45) is 5.73 Å². The van der Waals surface area contributed by atoms with Crippen molar-refractivity contribution < 1.29 is 0 Å². The molecule has 0 radical (unpaired) electrons. The maximum absolute atomic E-state index is 5.62. The van der Waals surface area contributed by atoms with Crippen LogP contribution in [0.25, 0.3) is 0 Å². The summed E-state index contributed by atoms with van der Waals surface area (Å²) in [6, 6.07) is 6.40. The molecule has 2 rings (SSSR count). The Morgan fingerprint density at radius 1 is 1.39 bits per heavy atom. The fraction of sp³-hybridized carbons (Fsp3) is 0.385. The Balaban J connectivity index is 2.23. The van der Waals surface area contributed by atoms with Crippen molar-refractivity contribution in [3.05, 3.63) is 40.3 Å². The summed E-state index contributed by atoms with van der Waals surface area (Å²) in [6.07, 6.45) is 1.77. The van der Waals surface area contributed by atoms with Gasteiger partial charge in [-0.3, -0.25) is 0 Å². The van der Waals surface area contributed by atoms with Gasteiger partial charge in [0.1, 0.15) is 0 Å². The molecular weight excluding hydrogens is 244 g/mol. The highest BCUT2D eigenvalue weighted by molar-refractivity contribution is 7.09. The molecule has 2 heterocycles. The van der Waals surface area contributed by atoms with Gasteiger partial charge < -0.3 is 10.6 Å². The Kier molecular flexibility index (Phi) is 4.28. The van der Waals surface area contributed by atoms with Crippen LogP contribution in [0.15, 0.2) is 29.8 Å². The van der Waals surface area contributed by atoms with Gasteiger partial charge in [-0.05, 0) is 31.4 Å². The predicted molar refractivity (Wildman–Crippen MR) is 75.6 cm³/mol. The van der Waals surface area contributed by atoms with Crippen LogP contribution in [-0.4, -0.2) is 16.0 Å². The van der Waals surface area contributed by atoms with Gasteiger partial charge >= 0.3 is 0 Å². The van der Waals surface area contributed by atoms with Crippen LogP contribution in [0.3, 0.4) is 0 Å². The highest BCUT2D eigenvalue weighted by Crippen LogP contribution is 2.18. The zero-order valence-corrected chi connectivity index (χ0v) is 11.5. The van der Waals surface area contributed by atoms with E-state index in [-0.39, 0.29) is 0 Å². The molecule has 0 saturated carbocycles. The second-order valence-corrected chi connectivity index (χ2v) is 5.39. The lowest BCUT2D eigenvalue weighted by Gasteiger charge is -2.26. The minimum Gasteiger partial charge on any atom is -0.333 e. The first kappa shape index (κ1) is 13.0. The molecule has 0 fully saturated rings. The molecule has 0 aliphatic heterocycles. The Morgan fingerprint density at radius 2 is 2.22 bits per heavy atom. The largest absolute Gasteiger partial charge is 0.333 e. The van der Waals surface area contributed by atoms with Gasteiger partial charge in [0, 0.05) is 23.7 Å². The first-order valence-corrected chi connectivity index (χ1v) is 6.89. The van der Waals surface area contributed by atoms with Gasteiger partial charge in [0.2, 0.25) is 5.95 Å². The van der Waals surface area contributed by atoms with E-state index < -0.39 is 0 Å². The second-order valence-electron chi connectivity index (χ2n) is 4.35. The van der Waals surface area contributed by atoms with E-state index in [9.17, 15) is 0 Å². The zero-order valence-electron chi connectivity index (χ0n) is 10.7. The average Bonchev–Trinajstić information content (AvgIpc) is 2.88. The van der Waals surface area contributed by atoms with Crippen molar-refractivity contribution in [3.8, 4) is 0 Å². The highest BCUT2D eigenvalue weighted by Gasteiger charge is 2.14. The first-order valence-electron chi connectivity index (χ1n) is 6.01. The molecule has 0 aromatic carbocycles. The molecule has 0 atom stereocenters. The molecule has 18 heavy (non-hydrogen) atoms. The number of hydrogen-bond donors (Lipinski definition) is 1. The molecule has 96 valence electrons. The highest BCUT2D eigenvalue weighted by atomic mass is 32.1. The lowest BCUT2D eigenvalue weighted by Crippen LogP contribution is -2.31. The van der Waals surface area contributed by atoms with Gasteiger partial charge in [-0.2, -0.15) is 0 Å². The Hall–Kier alpha value is -1.46. The van der Waals surface area contributed by atoms with E-state index in [1.807, 2.05) is 6.07 Å². The normalized spacial score (nSPS) is 10.9. The molecule has 0 aliphatic carbocycles. The topological polar surface area (TPSA) is 55.0 Å². The van der Waals surface area contributed by atoms with Crippen molar-refractivity contribution in [1.29, 1.82) is 0 Å². The van der Waals surface area contributed by atoms with Crippen molar-refractivity contribution >= 4 is 17.3 Å². The molecule has 0 saturated heterocycles. The number of aromatic nitrogens is 2. The third kappa shape index (κ3) is 3.05. The molecular formula is C13H18N4S. The first-order chi connectivity index (χ1) is 8.70. The molecule has 2 N–H and O–H groups in total. The molecule has 0 amide bonds. The van der Waals surface area contributed by atoms with Crippen LogP contribution in [-0.2, 0) is 13.1 Å². The second kappa shape index (κ2) is 5.93. The maximum atomic E-state index is 5.62. The van der Waals surface area contributed by atoms with E-state index in [0.717, 1.165) is 18.2 Å². The van der Waals surface area contributed by atoms with E-state index in [4.69, 9.17) is 5.73 Å². The summed E-state index contributed by atoms with van der Waals surface area (Å²) >= 11 is 1.75. The molecule has 0 bridgehead atoms. The summed E-state index contributed by atoms with van der Waals surface area (Å²) in [5.41, 5.74) is 6.50. The Labute approximate surface area is 111 Å². The van der Waals surface area contributed by atoms with E-state index in [0.29, 0.717) is 12.6 Å². The summed E-state index contributed by atoms with van der Waals surface area (Å²) < 4.78 is 0. The SMILES string of the molecule is CC(C)N(Cc1cccs1)c1nccc(CN)n1. The van der Waals surface area contributed by atoms with Crippen LogP contribution in [0, 0.1) is 0 Å². The van der Waals surface area contributed by atoms with E-state index in [1.54, 1.807) is 17.5 Å². The fourth-order valence-corrected chi connectivity index (χ4v) is 2.39. The van der Waals surface area contributed by atoms with Gasteiger partial charge in [0.25, 0.3) is 0 Å². The molecule has 5 heteroatoms. The van der Waals surface area contributed by atoms with Crippen molar-refractivity contribution in [1.82, 2.24) is 9.97 Å². The van der Waals surface area contributed by atoms with Crippen molar-refractivity contribution in [2.75, 3.05) is 4.90 Å². The van der Waals surface area contributed by atoms with Crippen LogP contribution >= 0.6 is 11.3 Å². The molecule has 2 aromatic heterocycles. The van der Waals surface area contributed by atoms with Crippen LogP contribution in [0.4, 0.5) is 5.95 Å². The minimum absolute atomic E-state index is 0.347. The maximum Gasteiger partial charge on any atom is 0.226 e. The number of thiophene rings is 1. The van der Waals surface area contributed by atoms with E-state index in [2.05, 4.69) is 46.2 Å². The lowest BCUT2D eigenvalue weighted by atomic mass is 10.3. The summed E-state index contributed by atoms with van der Waals surface area (Å²) in [7, 11) is 0. The Morgan fingerprint density at radius 3 is 2.83 bits per heavy atom. The summed E-state index contributed by atoms with van der Waals surface area (Å²) in [4.78, 5) is 12.3. The van der Waals surface area contributed by atoms with Gasteiger partial charge in [-0.15, -0.1) is 11.3 Å². The summed E-state index contributed by atoms with van der Waals surface area (Å²) in [5.74, 6) is 0.751. The molecule has 2 aromatic rings. The number of hydrogen-bond acceptors (Lipinski definition) is 5. The fourth-order valence-electron chi connectivity index (χ4n) is 1.69. The zero-order chi connectivity index (χ0) is 13.0. The Bertz CT molecular complexity index is 481. The number of nitrogens with two attached hydrogens (primary N) is 1. The summed E-state index contributed by atoms with van der Waals surface area (Å²) in [6.45, 7) is 5.57. The quantitative estimate of drug-likeness (QED) is 0.899. The monoisotopic (exact) mass is 262 g/mol. The third-order valence-corrected chi connectivity index (χ3v) is 3.56. The van der Waals surface area contributed by atoms with Crippen molar-refractivity contribution in [3.63, 3.8) is 0 Å². The minimum atomic E-state index is 0.347. The van der Waals surface area contributed by atoms with Gasteiger partial charge in [-0.25, -0.2) is 9.97 Å². The van der Waals surface area contributed by atoms with E-state index in [1.165, 1.54) is 4.88 Å². The lowest BCUT2D eigenvalue weighted by molar-refractivity contribution is 0.661. The van der Waals surface area contributed by atoms with Gasteiger partial charge in [0.05, 0.1) is 12.2 Å². The molecule has 4 nitrogen and oxygen atoms in total. The smallest absolute Gasteiger partial charge is 0.226 e. The van der Waals surface area contributed by atoms with Crippen LogP contribution < -0.4 is 10.6 Å². The standard InChI is InChI=1S/C13H18N4S/c1-10(2)17(9-12-4-3-7-18-12)13-15-6-5-11(8-14)16-13/h3-7,10H,8-9,14H2,1-2H3. The summed E-state index contributed by atoms with van der Waals surface area (Å²) in [5, 5.41) is 2.09. The number of nitrogens with zero attached hydrogens (tertiary/aromatic N) is 3. The average molecular weight is 262 g/mol. The third-order valence-electron chi connectivity index (χ3n) is 2.70. The molecule has 0 aliphatic rings. The molecule has 0 unspecified atom stereocenters. The molecule has 0 spiro atoms. The van der Waals surface area contributed by atoms with Crippen LogP contribution in [0.1, 0.15) is 24.4 Å². The number of rotatable bonds is 5. The van der Waals surface area contributed by atoms with Gasteiger partial charge in [0.15, 0.2) is 0 Å². The van der Waals surface area contributed by atoms with Gasteiger partial charge in [-0.1, -0.05) is 6.07 Å². The van der Waals surface area contributed by atoms with Crippen LogP contribution in [0.2, 0.25) is 0 Å². The van der Waals surface area contributed by atoms with Crippen molar-refractivity contribution in [2.45, 2.75) is 33.0 Å². The van der Waals surface area contributed by atoms with Crippen LogP contribution in [0.5, 0.6) is 0 Å².